The van der Waals surface area contributed by atoms with Crippen LogP contribution in [0.2, 0.25) is 0 Å². The van der Waals surface area contributed by atoms with Crippen molar-refractivity contribution < 1.29 is 9.47 Å². The van der Waals surface area contributed by atoms with Crippen molar-refractivity contribution in [1.29, 1.82) is 0 Å². The normalized spacial score (nSPS) is 18.8. The van der Waals surface area contributed by atoms with Crippen molar-refractivity contribution >= 4 is 0 Å². The lowest BCUT2D eigenvalue weighted by Crippen LogP contribution is -2.17. The monoisotopic (exact) mass is 168 g/mol. The Balaban J connectivity index is 1.94. The van der Waals surface area contributed by atoms with Gasteiger partial charge in [-0.1, -0.05) is 0 Å². The predicted octanol–water partition coefficient (Wildman–Crippen LogP) is 0.564. The number of rotatable bonds is 2. The van der Waals surface area contributed by atoms with E-state index in [2.05, 4.69) is 5.10 Å². The third-order valence-electron chi connectivity index (χ3n) is 1.80. The number of hydrogen-bond donors (Lipinski definition) is 0. The molecule has 2 heterocycles. The van der Waals surface area contributed by atoms with Gasteiger partial charge in [-0.25, -0.2) is 0 Å². The summed E-state index contributed by atoms with van der Waals surface area (Å²) in [6.45, 7) is 4.05. The Hall–Kier alpha value is -0.870. The molecular weight excluding hydrogens is 156 g/mol. The Morgan fingerprint density at radius 2 is 2.33 bits per heavy atom. The van der Waals surface area contributed by atoms with Gasteiger partial charge in [0.05, 0.1) is 25.5 Å². The van der Waals surface area contributed by atoms with Crippen LogP contribution in [0, 0.1) is 6.92 Å². The van der Waals surface area contributed by atoms with E-state index in [1.165, 1.54) is 0 Å². The standard InChI is InChI=1S/C8H12N2O2/c1-7-2-3-10(9-7)6-8-11-4-5-12-8/h2-3,8H,4-6H2,1H3. The van der Waals surface area contributed by atoms with Gasteiger partial charge in [-0.15, -0.1) is 0 Å². The van der Waals surface area contributed by atoms with Gasteiger partial charge in [0.1, 0.15) is 0 Å². The van der Waals surface area contributed by atoms with Crippen molar-refractivity contribution in [3.05, 3.63) is 18.0 Å². The predicted molar refractivity (Wildman–Crippen MR) is 42.7 cm³/mol. The molecule has 4 nitrogen and oxygen atoms in total. The zero-order valence-corrected chi connectivity index (χ0v) is 7.06. The molecule has 0 spiro atoms. The molecule has 1 aliphatic heterocycles. The van der Waals surface area contributed by atoms with E-state index < -0.39 is 0 Å². The molecule has 1 saturated heterocycles. The van der Waals surface area contributed by atoms with Crippen LogP contribution >= 0.6 is 0 Å². The van der Waals surface area contributed by atoms with Crippen LogP contribution in [0.1, 0.15) is 5.69 Å². The van der Waals surface area contributed by atoms with Crippen LogP contribution in [-0.4, -0.2) is 29.3 Å². The van der Waals surface area contributed by atoms with Gasteiger partial charge in [-0.3, -0.25) is 4.68 Å². The second-order valence-corrected chi connectivity index (χ2v) is 2.85. The van der Waals surface area contributed by atoms with E-state index >= 15 is 0 Å². The Labute approximate surface area is 71.1 Å². The number of aryl methyl sites for hydroxylation is 1. The molecule has 2 rings (SSSR count). The van der Waals surface area contributed by atoms with Crippen molar-refractivity contribution in [2.75, 3.05) is 13.2 Å². The van der Waals surface area contributed by atoms with Gasteiger partial charge >= 0.3 is 0 Å². The summed E-state index contributed by atoms with van der Waals surface area (Å²) in [5, 5.41) is 4.23. The van der Waals surface area contributed by atoms with Crippen LogP contribution in [0.4, 0.5) is 0 Å². The summed E-state index contributed by atoms with van der Waals surface area (Å²) in [7, 11) is 0. The van der Waals surface area contributed by atoms with Crippen molar-refractivity contribution in [1.82, 2.24) is 9.78 Å². The summed E-state index contributed by atoms with van der Waals surface area (Å²) in [4.78, 5) is 0. The Bertz CT molecular complexity index is 253. The molecule has 4 heteroatoms. The van der Waals surface area contributed by atoms with E-state index in [0.29, 0.717) is 19.8 Å². The maximum Gasteiger partial charge on any atom is 0.177 e. The fourth-order valence-corrected chi connectivity index (χ4v) is 1.23. The van der Waals surface area contributed by atoms with Gasteiger partial charge in [0.25, 0.3) is 0 Å². The Morgan fingerprint density at radius 3 is 2.92 bits per heavy atom. The Kier molecular flexibility index (Phi) is 2.10. The second kappa shape index (κ2) is 3.25. The molecule has 0 N–H and O–H groups in total. The highest BCUT2D eigenvalue weighted by molar-refractivity contribution is 4.94. The highest BCUT2D eigenvalue weighted by Gasteiger charge is 2.16. The third kappa shape index (κ3) is 1.65. The largest absolute Gasteiger partial charge is 0.348 e. The van der Waals surface area contributed by atoms with Crippen LogP contribution in [-0.2, 0) is 16.0 Å². The van der Waals surface area contributed by atoms with Crippen LogP contribution in [0.15, 0.2) is 12.3 Å². The van der Waals surface area contributed by atoms with Crippen LogP contribution in [0.3, 0.4) is 0 Å². The lowest BCUT2D eigenvalue weighted by Gasteiger charge is -2.07. The van der Waals surface area contributed by atoms with Crippen molar-refractivity contribution in [3.63, 3.8) is 0 Å². The van der Waals surface area contributed by atoms with Crippen LogP contribution in [0.25, 0.3) is 0 Å². The zero-order chi connectivity index (χ0) is 8.39. The molecular formula is C8H12N2O2. The molecule has 0 amide bonds. The first-order chi connectivity index (χ1) is 5.84. The van der Waals surface area contributed by atoms with E-state index in [-0.39, 0.29) is 6.29 Å². The van der Waals surface area contributed by atoms with Gasteiger partial charge in [0, 0.05) is 6.20 Å². The molecule has 1 aromatic heterocycles. The molecule has 0 radical (unpaired) electrons. The smallest absolute Gasteiger partial charge is 0.177 e. The topological polar surface area (TPSA) is 36.3 Å². The number of aromatic nitrogens is 2. The maximum absolute atomic E-state index is 5.28. The maximum atomic E-state index is 5.28. The van der Waals surface area contributed by atoms with E-state index in [1.807, 2.05) is 23.9 Å². The first-order valence-corrected chi connectivity index (χ1v) is 4.08. The summed E-state index contributed by atoms with van der Waals surface area (Å²) in [5.74, 6) is 0. The molecule has 0 saturated carbocycles. The lowest BCUT2D eigenvalue weighted by molar-refractivity contribution is -0.0545. The van der Waals surface area contributed by atoms with Crippen molar-refractivity contribution in [2.45, 2.75) is 19.8 Å². The minimum absolute atomic E-state index is 0.107. The van der Waals surface area contributed by atoms with E-state index in [9.17, 15) is 0 Å². The highest BCUT2D eigenvalue weighted by atomic mass is 16.7. The van der Waals surface area contributed by atoms with E-state index in [4.69, 9.17) is 9.47 Å². The van der Waals surface area contributed by atoms with E-state index in [0.717, 1.165) is 5.69 Å². The van der Waals surface area contributed by atoms with Crippen LogP contribution < -0.4 is 0 Å². The Morgan fingerprint density at radius 1 is 1.58 bits per heavy atom. The average Bonchev–Trinajstić information content (AvgIpc) is 2.63. The molecule has 1 aliphatic rings. The van der Waals surface area contributed by atoms with Crippen LogP contribution in [0.5, 0.6) is 0 Å². The number of ether oxygens (including phenoxy) is 2. The summed E-state index contributed by atoms with van der Waals surface area (Å²) in [6.07, 6.45) is 1.82. The van der Waals surface area contributed by atoms with Gasteiger partial charge < -0.3 is 9.47 Å². The number of hydrogen-bond acceptors (Lipinski definition) is 3. The molecule has 0 aliphatic carbocycles. The first kappa shape index (κ1) is 7.76. The van der Waals surface area contributed by atoms with Gasteiger partial charge in [0.2, 0.25) is 0 Å². The molecule has 66 valence electrons. The molecule has 1 aromatic rings. The quantitative estimate of drug-likeness (QED) is 0.647. The number of nitrogens with zero attached hydrogens (tertiary/aromatic N) is 2. The van der Waals surface area contributed by atoms with Gasteiger partial charge in [0.15, 0.2) is 6.29 Å². The van der Waals surface area contributed by atoms with Gasteiger partial charge in [-0.2, -0.15) is 5.10 Å². The fourth-order valence-electron chi connectivity index (χ4n) is 1.23. The summed E-state index contributed by atoms with van der Waals surface area (Å²) >= 11 is 0. The first-order valence-electron chi connectivity index (χ1n) is 4.08. The molecule has 1 fully saturated rings. The molecule has 12 heavy (non-hydrogen) atoms. The second-order valence-electron chi connectivity index (χ2n) is 2.85. The van der Waals surface area contributed by atoms with E-state index in [1.54, 1.807) is 0 Å². The molecule has 0 atom stereocenters. The summed E-state index contributed by atoms with van der Waals surface area (Å²) in [5.41, 5.74) is 1.02. The molecule has 0 unspecified atom stereocenters. The van der Waals surface area contributed by atoms with Gasteiger partial charge in [-0.05, 0) is 13.0 Å². The lowest BCUT2D eigenvalue weighted by atomic mass is 10.5. The summed E-state index contributed by atoms with van der Waals surface area (Å²) in [6, 6.07) is 1.97. The average molecular weight is 168 g/mol. The minimum atomic E-state index is -0.107. The fraction of sp³-hybridized carbons (Fsp3) is 0.625. The molecule has 0 aromatic carbocycles. The van der Waals surface area contributed by atoms with Crippen molar-refractivity contribution in [2.24, 2.45) is 0 Å². The third-order valence-corrected chi connectivity index (χ3v) is 1.80. The zero-order valence-electron chi connectivity index (χ0n) is 7.06. The minimum Gasteiger partial charge on any atom is -0.348 e. The highest BCUT2D eigenvalue weighted by Crippen LogP contribution is 2.06. The summed E-state index contributed by atoms with van der Waals surface area (Å²) < 4.78 is 12.4. The SMILES string of the molecule is Cc1ccn(CC2OCCO2)n1. The van der Waals surface area contributed by atoms with Crippen molar-refractivity contribution in [3.8, 4) is 0 Å². The molecule has 0 bridgehead atoms.